The van der Waals surface area contributed by atoms with Crippen LogP contribution in [0.1, 0.15) is 37.1 Å². The summed E-state index contributed by atoms with van der Waals surface area (Å²) in [4.78, 5) is 18.6. The molecule has 0 aromatic carbocycles. The summed E-state index contributed by atoms with van der Waals surface area (Å²) in [6, 6.07) is -0.481. The minimum absolute atomic E-state index is 0.184. The van der Waals surface area contributed by atoms with E-state index in [2.05, 4.69) is 15.3 Å². The van der Waals surface area contributed by atoms with E-state index in [-0.39, 0.29) is 5.54 Å². The molecule has 5 nitrogen and oxygen atoms in total. The highest BCUT2D eigenvalue weighted by atomic mass is 16.4. The Morgan fingerprint density at radius 1 is 1.50 bits per heavy atom. The van der Waals surface area contributed by atoms with Crippen molar-refractivity contribution in [3.63, 3.8) is 0 Å². The Morgan fingerprint density at radius 3 is 2.94 bits per heavy atom. The van der Waals surface area contributed by atoms with Crippen LogP contribution in [0, 0.1) is 0 Å². The minimum atomic E-state index is -0.772. The average Bonchev–Trinajstić information content (AvgIpc) is 2.87. The van der Waals surface area contributed by atoms with Crippen molar-refractivity contribution in [3.05, 3.63) is 17.7 Å². The smallest absolute Gasteiger partial charge is 0.321 e. The van der Waals surface area contributed by atoms with Gasteiger partial charge < -0.3 is 10.1 Å². The van der Waals surface area contributed by atoms with Gasteiger partial charge in [0.25, 0.3) is 0 Å². The van der Waals surface area contributed by atoms with E-state index >= 15 is 0 Å². The number of rotatable bonds is 1. The Balaban J connectivity index is 2.03. The van der Waals surface area contributed by atoms with E-state index in [1.807, 2.05) is 0 Å². The van der Waals surface area contributed by atoms with E-state index in [0.29, 0.717) is 6.42 Å². The number of aliphatic carboxylic acids is 1. The first-order valence-electron chi connectivity index (χ1n) is 5.74. The van der Waals surface area contributed by atoms with Gasteiger partial charge >= 0.3 is 5.97 Å². The number of nitrogens with zero attached hydrogens (tertiary/aromatic N) is 1. The van der Waals surface area contributed by atoms with Crippen molar-refractivity contribution in [3.8, 4) is 0 Å². The minimum Gasteiger partial charge on any atom is -0.480 e. The highest BCUT2D eigenvalue weighted by Gasteiger charge is 2.45. The molecule has 0 bridgehead atoms. The largest absolute Gasteiger partial charge is 0.480 e. The first kappa shape index (κ1) is 9.84. The van der Waals surface area contributed by atoms with Crippen LogP contribution in [0.25, 0.3) is 0 Å². The summed E-state index contributed by atoms with van der Waals surface area (Å²) in [5, 5.41) is 12.4. The quantitative estimate of drug-likeness (QED) is 0.654. The molecular weight excluding hydrogens is 206 g/mol. The van der Waals surface area contributed by atoms with Crippen molar-refractivity contribution in [1.29, 1.82) is 0 Å². The number of aromatic amines is 1. The lowest BCUT2D eigenvalue weighted by atomic mass is 9.85. The van der Waals surface area contributed by atoms with Crippen LogP contribution in [0.15, 0.2) is 6.33 Å². The molecule has 3 N–H and O–H groups in total. The topological polar surface area (TPSA) is 78.0 Å². The van der Waals surface area contributed by atoms with Gasteiger partial charge in [0, 0.05) is 12.1 Å². The van der Waals surface area contributed by atoms with Gasteiger partial charge in [0.2, 0.25) is 0 Å². The van der Waals surface area contributed by atoms with Crippen LogP contribution in [0.5, 0.6) is 0 Å². The molecule has 2 heterocycles. The molecule has 1 unspecified atom stereocenters. The highest BCUT2D eigenvalue weighted by molar-refractivity contribution is 5.74. The third kappa shape index (κ3) is 1.28. The maximum Gasteiger partial charge on any atom is 0.321 e. The molecule has 1 atom stereocenters. The summed E-state index contributed by atoms with van der Waals surface area (Å²) >= 11 is 0. The van der Waals surface area contributed by atoms with E-state index < -0.39 is 12.0 Å². The van der Waals surface area contributed by atoms with Gasteiger partial charge in [-0.15, -0.1) is 0 Å². The number of H-pyrrole nitrogens is 1. The van der Waals surface area contributed by atoms with Crippen LogP contribution in [-0.2, 0) is 16.8 Å². The van der Waals surface area contributed by atoms with Gasteiger partial charge in [0.15, 0.2) is 0 Å². The summed E-state index contributed by atoms with van der Waals surface area (Å²) in [6.07, 6.45) is 6.46. The molecule has 1 aromatic heterocycles. The van der Waals surface area contributed by atoms with Gasteiger partial charge in [-0.25, -0.2) is 4.98 Å². The molecule has 2 aliphatic rings. The average molecular weight is 221 g/mol. The Kier molecular flexibility index (Phi) is 2.04. The lowest BCUT2D eigenvalue weighted by Gasteiger charge is -2.37. The molecule has 16 heavy (non-hydrogen) atoms. The predicted molar refractivity (Wildman–Crippen MR) is 57.0 cm³/mol. The van der Waals surface area contributed by atoms with Crippen LogP contribution in [-0.4, -0.2) is 27.1 Å². The van der Waals surface area contributed by atoms with Crippen LogP contribution < -0.4 is 5.32 Å². The highest BCUT2D eigenvalue weighted by Crippen LogP contribution is 2.41. The zero-order chi connectivity index (χ0) is 11.2. The van der Waals surface area contributed by atoms with Gasteiger partial charge in [0.1, 0.15) is 6.04 Å². The number of hydrogen-bond donors (Lipinski definition) is 3. The van der Waals surface area contributed by atoms with E-state index in [9.17, 15) is 4.79 Å². The van der Waals surface area contributed by atoms with Gasteiger partial charge in [-0.1, -0.05) is 12.8 Å². The van der Waals surface area contributed by atoms with Gasteiger partial charge in [-0.05, 0) is 12.8 Å². The summed E-state index contributed by atoms with van der Waals surface area (Å²) < 4.78 is 0. The number of hydrogen-bond acceptors (Lipinski definition) is 3. The van der Waals surface area contributed by atoms with E-state index in [1.54, 1.807) is 6.33 Å². The lowest BCUT2D eigenvalue weighted by Crippen LogP contribution is -2.54. The van der Waals surface area contributed by atoms with Crippen LogP contribution in [0.4, 0.5) is 0 Å². The van der Waals surface area contributed by atoms with E-state index in [0.717, 1.165) is 37.1 Å². The molecule has 1 aliphatic carbocycles. The number of aromatic nitrogens is 2. The molecule has 1 fully saturated rings. The second-order valence-electron chi connectivity index (χ2n) is 4.76. The fraction of sp³-hybridized carbons (Fsp3) is 0.636. The van der Waals surface area contributed by atoms with E-state index in [4.69, 9.17) is 5.11 Å². The van der Waals surface area contributed by atoms with Crippen molar-refractivity contribution in [1.82, 2.24) is 15.3 Å². The van der Waals surface area contributed by atoms with Crippen LogP contribution in [0.2, 0.25) is 0 Å². The first-order chi connectivity index (χ1) is 7.71. The molecule has 1 saturated carbocycles. The SMILES string of the molecule is O=C(O)C1Cc2[nH]cnc2C2(CCCC2)N1. The molecule has 1 aliphatic heterocycles. The Bertz CT molecular complexity index is 421. The number of carboxylic acids is 1. The number of imidazole rings is 1. The van der Waals surface area contributed by atoms with Gasteiger partial charge in [-0.3, -0.25) is 10.1 Å². The summed E-state index contributed by atoms with van der Waals surface area (Å²) in [5.74, 6) is -0.772. The lowest BCUT2D eigenvalue weighted by molar-refractivity contribution is -0.140. The third-order valence-corrected chi connectivity index (χ3v) is 3.79. The number of carboxylic acid groups (broad SMARTS) is 1. The monoisotopic (exact) mass is 221 g/mol. The van der Waals surface area contributed by atoms with Crippen molar-refractivity contribution < 1.29 is 9.90 Å². The molecule has 0 radical (unpaired) electrons. The molecule has 5 heteroatoms. The normalized spacial score (nSPS) is 26.9. The standard InChI is InChI=1S/C11H15N3O2/c15-10(16)8-5-7-9(13-6-12-7)11(14-8)3-1-2-4-11/h6,8,14H,1-5H2,(H,12,13)(H,15,16). The Hall–Kier alpha value is -1.36. The second-order valence-corrected chi connectivity index (χ2v) is 4.76. The molecule has 1 aromatic rings. The molecule has 1 spiro atoms. The van der Waals surface area contributed by atoms with Crippen LogP contribution in [0.3, 0.4) is 0 Å². The first-order valence-corrected chi connectivity index (χ1v) is 5.74. The van der Waals surface area contributed by atoms with Crippen LogP contribution >= 0.6 is 0 Å². The van der Waals surface area contributed by atoms with Crippen molar-refractivity contribution in [2.45, 2.75) is 43.7 Å². The van der Waals surface area contributed by atoms with Crippen molar-refractivity contribution in [2.24, 2.45) is 0 Å². The second kappa shape index (κ2) is 3.31. The molecule has 3 rings (SSSR count). The maximum absolute atomic E-state index is 11.1. The van der Waals surface area contributed by atoms with Gasteiger partial charge in [0.05, 0.1) is 17.6 Å². The molecule has 86 valence electrons. The summed E-state index contributed by atoms with van der Waals surface area (Å²) in [6.45, 7) is 0. The Morgan fingerprint density at radius 2 is 2.25 bits per heavy atom. The molecule has 0 amide bonds. The number of nitrogens with one attached hydrogen (secondary N) is 2. The number of carbonyl (C=O) groups is 1. The fourth-order valence-electron chi connectivity index (χ4n) is 3.05. The molecular formula is C11H15N3O2. The predicted octanol–water partition coefficient (Wildman–Crippen LogP) is 0.778. The third-order valence-electron chi connectivity index (χ3n) is 3.79. The summed E-state index contributed by atoms with van der Waals surface area (Å²) in [7, 11) is 0. The summed E-state index contributed by atoms with van der Waals surface area (Å²) in [5.41, 5.74) is 1.85. The zero-order valence-corrected chi connectivity index (χ0v) is 8.99. The molecule has 0 saturated heterocycles. The zero-order valence-electron chi connectivity index (χ0n) is 8.99. The number of fused-ring (bicyclic) bond motifs is 2. The van der Waals surface area contributed by atoms with Crippen molar-refractivity contribution in [2.75, 3.05) is 0 Å². The maximum atomic E-state index is 11.1. The van der Waals surface area contributed by atoms with E-state index in [1.165, 1.54) is 0 Å². The van der Waals surface area contributed by atoms with Gasteiger partial charge in [-0.2, -0.15) is 0 Å². The Labute approximate surface area is 93.3 Å². The fourth-order valence-corrected chi connectivity index (χ4v) is 3.05. The van der Waals surface area contributed by atoms with Crippen molar-refractivity contribution >= 4 is 5.97 Å².